The quantitative estimate of drug-likeness (QED) is 0.741. The van der Waals surface area contributed by atoms with Gasteiger partial charge in [0.25, 0.3) is 0 Å². The van der Waals surface area contributed by atoms with E-state index in [0.717, 1.165) is 6.42 Å². The highest BCUT2D eigenvalue weighted by atomic mass is 19.4. The summed E-state index contributed by atoms with van der Waals surface area (Å²) < 4.78 is 52.1. The number of carbonyl (C=O) groups is 1. The fourth-order valence-electron chi connectivity index (χ4n) is 3.50. The van der Waals surface area contributed by atoms with Gasteiger partial charge in [-0.2, -0.15) is 18.3 Å². The Labute approximate surface area is 167 Å². The lowest BCUT2D eigenvalue weighted by atomic mass is 9.95. The zero-order valence-corrected chi connectivity index (χ0v) is 16.4. The van der Waals surface area contributed by atoms with E-state index < -0.39 is 17.8 Å². The summed E-state index contributed by atoms with van der Waals surface area (Å²) in [6.07, 6.45) is -2.25. The van der Waals surface area contributed by atoms with Crippen molar-refractivity contribution in [1.82, 2.24) is 9.78 Å². The number of nitrogens with zero attached hydrogens (tertiary/aromatic N) is 2. The maximum Gasteiger partial charge on any atom is 0.435 e. The Morgan fingerprint density at radius 2 is 1.90 bits per heavy atom. The molecule has 0 atom stereocenters. The topological polar surface area (TPSA) is 65.4 Å². The highest BCUT2D eigenvalue weighted by Crippen LogP contribution is 2.36. The second kappa shape index (κ2) is 8.75. The van der Waals surface area contributed by atoms with Gasteiger partial charge in [-0.1, -0.05) is 0 Å². The van der Waals surface area contributed by atoms with Gasteiger partial charge < -0.3 is 14.8 Å². The molecule has 1 heterocycles. The summed E-state index contributed by atoms with van der Waals surface area (Å²) in [6, 6.07) is 5.04. The monoisotopic (exact) mass is 411 g/mol. The molecule has 1 aromatic carbocycles. The molecular formula is C20H24F3N3O3. The lowest BCUT2D eigenvalue weighted by Gasteiger charge is -2.16. The van der Waals surface area contributed by atoms with Crippen LogP contribution in [0.4, 0.5) is 18.9 Å². The number of hydrogen-bond acceptors (Lipinski definition) is 4. The van der Waals surface area contributed by atoms with Crippen LogP contribution in [0.25, 0.3) is 0 Å². The van der Waals surface area contributed by atoms with Crippen molar-refractivity contribution in [3.05, 3.63) is 35.2 Å². The highest BCUT2D eigenvalue weighted by molar-refractivity contribution is 5.92. The lowest BCUT2D eigenvalue weighted by Crippen LogP contribution is -2.22. The number of ether oxygens (including phenoxy) is 2. The van der Waals surface area contributed by atoms with Gasteiger partial charge in [0.2, 0.25) is 5.91 Å². The number of nitrogens with one attached hydrogen (secondary N) is 1. The van der Waals surface area contributed by atoms with Crippen LogP contribution in [-0.4, -0.2) is 28.9 Å². The molecule has 1 aliphatic rings. The largest absolute Gasteiger partial charge is 0.494 e. The van der Waals surface area contributed by atoms with Gasteiger partial charge in [0.05, 0.1) is 18.9 Å². The van der Waals surface area contributed by atoms with Crippen LogP contribution in [-0.2, 0) is 30.4 Å². The van der Waals surface area contributed by atoms with Crippen LogP contribution in [0.15, 0.2) is 18.2 Å². The third-order valence-electron chi connectivity index (χ3n) is 4.65. The molecule has 0 bridgehead atoms. The predicted molar refractivity (Wildman–Crippen MR) is 101 cm³/mol. The third-order valence-corrected chi connectivity index (χ3v) is 4.65. The standard InChI is InChI=1S/C20H24F3N3O3/c1-3-28-13-9-10-17(29-4-2)15(11-13)24-18(27)12-26-16-8-6-5-7-14(16)19(25-26)20(21,22)23/h9-11H,3-8,12H2,1-2H3,(H,24,27). The van der Waals surface area contributed by atoms with Crippen molar-refractivity contribution in [1.29, 1.82) is 0 Å². The SMILES string of the molecule is CCOc1ccc(OCC)c(NC(=O)Cn2nc(C(F)(F)F)c3c2CCCC3)c1. The molecule has 1 amide bonds. The number of fused-ring (bicyclic) bond motifs is 1. The van der Waals surface area contributed by atoms with E-state index >= 15 is 0 Å². The molecule has 0 saturated heterocycles. The van der Waals surface area contributed by atoms with Gasteiger partial charge in [-0.15, -0.1) is 0 Å². The number of amides is 1. The summed E-state index contributed by atoms with van der Waals surface area (Å²) in [4.78, 5) is 12.6. The van der Waals surface area contributed by atoms with E-state index in [1.54, 1.807) is 18.2 Å². The van der Waals surface area contributed by atoms with Crippen molar-refractivity contribution in [3.8, 4) is 11.5 Å². The average Bonchev–Trinajstić information content (AvgIpc) is 3.03. The molecule has 0 fully saturated rings. The first-order valence-electron chi connectivity index (χ1n) is 9.68. The molecule has 0 aliphatic heterocycles. The van der Waals surface area contributed by atoms with Crippen LogP contribution < -0.4 is 14.8 Å². The fraction of sp³-hybridized carbons (Fsp3) is 0.500. The summed E-state index contributed by atoms with van der Waals surface area (Å²) in [6.45, 7) is 4.22. The summed E-state index contributed by atoms with van der Waals surface area (Å²) in [5.74, 6) is 0.536. The molecule has 2 aromatic rings. The van der Waals surface area contributed by atoms with Crippen molar-refractivity contribution in [2.75, 3.05) is 18.5 Å². The lowest BCUT2D eigenvalue weighted by molar-refractivity contribution is -0.142. The van der Waals surface area contributed by atoms with E-state index in [2.05, 4.69) is 10.4 Å². The van der Waals surface area contributed by atoms with Crippen molar-refractivity contribution in [3.63, 3.8) is 0 Å². The van der Waals surface area contributed by atoms with E-state index in [4.69, 9.17) is 9.47 Å². The van der Waals surface area contributed by atoms with E-state index in [9.17, 15) is 18.0 Å². The first-order chi connectivity index (χ1) is 13.8. The number of rotatable bonds is 7. The Balaban J connectivity index is 1.83. The first-order valence-corrected chi connectivity index (χ1v) is 9.68. The molecule has 29 heavy (non-hydrogen) atoms. The van der Waals surface area contributed by atoms with Crippen LogP contribution >= 0.6 is 0 Å². The molecule has 0 unspecified atom stereocenters. The van der Waals surface area contributed by atoms with Crippen LogP contribution in [0, 0.1) is 0 Å². The molecule has 3 rings (SSSR count). The summed E-state index contributed by atoms with van der Waals surface area (Å²) in [5.41, 5.74) is 0.227. The van der Waals surface area contributed by atoms with Gasteiger partial charge in [0.15, 0.2) is 5.69 Å². The van der Waals surface area contributed by atoms with Crippen molar-refractivity contribution >= 4 is 11.6 Å². The third kappa shape index (κ3) is 4.83. The van der Waals surface area contributed by atoms with Crippen LogP contribution in [0.2, 0.25) is 0 Å². The number of benzene rings is 1. The number of aromatic nitrogens is 2. The zero-order chi connectivity index (χ0) is 21.0. The molecule has 0 spiro atoms. The van der Waals surface area contributed by atoms with Gasteiger partial charge in [0.1, 0.15) is 18.0 Å². The van der Waals surface area contributed by atoms with Crippen LogP contribution in [0.3, 0.4) is 0 Å². The van der Waals surface area contributed by atoms with Crippen molar-refractivity contribution in [2.24, 2.45) is 0 Å². The Morgan fingerprint density at radius 1 is 1.17 bits per heavy atom. The number of hydrogen-bond donors (Lipinski definition) is 1. The van der Waals surface area contributed by atoms with Gasteiger partial charge in [0, 0.05) is 17.3 Å². The Bertz CT molecular complexity index is 878. The first kappa shape index (κ1) is 21.0. The Kier molecular flexibility index (Phi) is 6.34. The minimum atomic E-state index is -4.53. The second-order valence-corrected chi connectivity index (χ2v) is 6.71. The average molecular weight is 411 g/mol. The Morgan fingerprint density at radius 3 is 2.59 bits per heavy atom. The van der Waals surface area contributed by atoms with E-state index in [0.29, 0.717) is 55.4 Å². The summed E-state index contributed by atoms with van der Waals surface area (Å²) >= 11 is 0. The molecule has 0 radical (unpaired) electrons. The van der Waals surface area contributed by atoms with Crippen molar-refractivity contribution < 1.29 is 27.4 Å². The normalized spacial score (nSPS) is 13.7. The van der Waals surface area contributed by atoms with Gasteiger partial charge in [-0.25, -0.2) is 0 Å². The van der Waals surface area contributed by atoms with Crippen LogP contribution in [0.1, 0.15) is 43.6 Å². The smallest absolute Gasteiger partial charge is 0.435 e. The maximum atomic E-state index is 13.3. The van der Waals surface area contributed by atoms with Gasteiger partial charge in [-0.05, 0) is 51.7 Å². The highest BCUT2D eigenvalue weighted by Gasteiger charge is 2.39. The van der Waals surface area contributed by atoms with E-state index in [-0.39, 0.29) is 12.1 Å². The van der Waals surface area contributed by atoms with E-state index in [1.165, 1.54) is 4.68 Å². The van der Waals surface area contributed by atoms with Crippen molar-refractivity contribution in [2.45, 2.75) is 52.3 Å². The molecule has 158 valence electrons. The minimum Gasteiger partial charge on any atom is -0.494 e. The number of alkyl halides is 3. The molecular weight excluding hydrogens is 387 g/mol. The molecule has 9 heteroatoms. The predicted octanol–water partition coefficient (Wildman–Crippen LogP) is 4.22. The number of carbonyl (C=O) groups excluding carboxylic acids is 1. The second-order valence-electron chi connectivity index (χ2n) is 6.71. The number of halogens is 3. The number of anilines is 1. The Hall–Kier alpha value is -2.71. The minimum absolute atomic E-state index is 0.213. The van der Waals surface area contributed by atoms with Gasteiger partial charge in [-0.3, -0.25) is 9.48 Å². The molecule has 1 N–H and O–H groups in total. The molecule has 1 aromatic heterocycles. The fourth-order valence-corrected chi connectivity index (χ4v) is 3.50. The van der Waals surface area contributed by atoms with E-state index in [1.807, 2.05) is 13.8 Å². The molecule has 0 saturated carbocycles. The zero-order valence-electron chi connectivity index (χ0n) is 16.4. The summed E-state index contributed by atoms with van der Waals surface area (Å²) in [5, 5.41) is 6.44. The summed E-state index contributed by atoms with van der Waals surface area (Å²) in [7, 11) is 0. The molecule has 1 aliphatic carbocycles. The van der Waals surface area contributed by atoms with Crippen LogP contribution in [0.5, 0.6) is 11.5 Å². The molecule has 6 nitrogen and oxygen atoms in total. The van der Waals surface area contributed by atoms with Gasteiger partial charge >= 0.3 is 6.18 Å². The maximum absolute atomic E-state index is 13.3.